The number of benzene rings is 1. The third-order valence-electron chi connectivity index (χ3n) is 1.62. The molecule has 14 heavy (non-hydrogen) atoms. The summed E-state index contributed by atoms with van der Waals surface area (Å²) >= 11 is 5.72. The monoisotopic (exact) mass is 209 g/mol. The zero-order valence-electron chi connectivity index (χ0n) is 7.53. The minimum absolute atomic E-state index is 0.241. The number of ether oxygens (including phenoxy) is 1. The second-order valence-corrected chi connectivity index (χ2v) is 3.25. The van der Waals surface area contributed by atoms with Gasteiger partial charge in [-0.25, -0.2) is 0 Å². The van der Waals surface area contributed by atoms with Crippen molar-refractivity contribution in [3.8, 4) is 11.8 Å². The Bertz CT molecular complexity index is 422. The van der Waals surface area contributed by atoms with Crippen LogP contribution in [0.15, 0.2) is 34.9 Å². The molecule has 1 aromatic heterocycles. The molecule has 0 bridgehead atoms. The third kappa shape index (κ3) is 2.06. The van der Waals surface area contributed by atoms with Gasteiger partial charge in [0.15, 0.2) is 0 Å². The van der Waals surface area contributed by atoms with Crippen molar-refractivity contribution < 1.29 is 9.15 Å². The molecule has 0 amide bonds. The Morgan fingerprint density at radius 1 is 1.29 bits per heavy atom. The molecule has 2 rings (SSSR count). The van der Waals surface area contributed by atoms with Gasteiger partial charge in [0.05, 0.1) is 5.69 Å². The summed E-state index contributed by atoms with van der Waals surface area (Å²) in [4.78, 5) is 4.01. The van der Waals surface area contributed by atoms with E-state index in [0.29, 0.717) is 10.8 Å². The van der Waals surface area contributed by atoms with Crippen molar-refractivity contribution >= 4 is 11.6 Å². The Balaban J connectivity index is 2.15. The van der Waals surface area contributed by atoms with E-state index in [1.807, 2.05) is 6.92 Å². The lowest BCUT2D eigenvalue weighted by atomic mass is 10.3. The minimum Gasteiger partial charge on any atom is -0.417 e. The summed E-state index contributed by atoms with van der Waals surface area (Å²) in [5.41, 5.74) is 0.786. The van der Waals surface area contributed by atoms with Gasteiger partial charge in [-0.2, -0.15) is 4.98 Å². The molecule has 0 fully saturated rings. The molecule has 0 aliphatic rings. The fourth-order valence-corrected chi connectivity index (χ4v) is 1.11. The Labute approximate surface area is 86.3 Å². The van der Waals surface area contributed by atoms with Crippen molar-refractivity contribution in [2.45, 2.75) is 6.92 Å². The number of oxazole rings is 1. The highest BCUT2D eigenvalue weighted by Crippen LogP contribution is 2.21. The molecule has 0 aliphatic carbocycles. The van der Waals surface area contributed by atoms with Gasteiger partial charge in [0, 0.05) is 5.02 Å². The van der Waals surface area contributed by atoms with E-state index in [1.54, 1.807) is 24.3 Å². The lowest BCUT2D eigenvalue weighted by molar-refractivity contribution is 0.331. The Hall–Kier alpha value is -1.48. The van der Waals surface area contributed by atoms with Crippen molar-refractivity contribution in [1.29, 1.82) is 0 Å². The van der Waals surface area contributed by atoms with E-state index in [0.717, 1.165) is 5.69 Å². The van der Waals surface area contributed by atoms with E-state index in [2.05, 4.69) is 4.98 Å². The number of aryl methyl sites for hydroxylation is 1. The molecule has 0 unspecified atom stereocenters. The summed E-state index contributed by atoms with van der Waals surface area (Å²) in [6, 6.07) is 6.99. The first-order valence-electron chi connectivity index (χ1n) is 4.09. The number of hydrogen-bond donors (Lipinski definition) is 0. The maximum atomic E-state index is 5.72. The van der Waals surface area contributed by atoms with Crippen LogP contribution in [0.2, 0.25) is 5.02 Å². The van der Waals surface area contributed by atoms with Gasteiger partial charge < -0.3 is 9.15 Å². The molecule has 2 aromatic rings. The van der Waals surface area contributed by atoms with E-state index in [9.17, 15) is 0 Å². The highest BCUT2D eigenvalue weighted by atomic mass is 35.5. The number of aromatic nitrogens is 1. The topological polar surface area (TPSA) is 35.3 Å². The summed E-state index contributed by atoms with van der Waals surface area (Å²) in [6.45, 7) is 1.83. The molecule has 0 atom stereocenters. The molecule has 0 N–H and O–H groups in total. The lowest BCUT2D eigenvalue weighted by Gasteiger charge is -1.99. The standard InChI is InChI=1S/C10H8ClNO2/c1-7-6-13-10(12-7)14-9-4-2-8(11)3-5-9/h2-6H,1H3. The molecule has 0 spiro atoms. The smallest absolute Gasteiger partial charge is 0.399 e. The fourth-order valence-electron chi connectivity index (χ4n) is 0.983. The normalized spacial score (nSPS) is 10.1. The highest BCUT2D eigenvalue weighted by Gasteiger charge is 2.02. The van der Waals surface area contributed by atoms with Crippen molar-refractivity contribution in [1.82, 2.24) is 4.98 Å². The molecule has 0 saturated carbocycles. The van der Waals surface area contributed by atoms with E-state index in [1.165, 1.54) is 6.26 Å². The summed E-state index contributed by atoms with van der Waals surface area (Å²) in [5.74, 6) is 0.649. The molecule has 72 valence electrons. The third-order valence-corrected chi connectivity index (χ3v) is 1.87. The van der Waals surface area contributed by atoms with Crippen LogP contribution in [0.4, 0.5) is 0 Å². The Kier molecular flexibility index (Phi) is 2.41. The van der Waals surface area contributed by atoms with Crippen LogP contribution in [0.5, 0.6) is 11.8 Å². The average Bonchev–Trinajstić information content (AvgIpc) is 2.56. The number of halogens is 1. The summed E-state index contributed by atoms with van der Waals surface area (Å²) in [7, 11) is 0. The van der Waals surface area contributed by atoms with Crippen molar-refractivity contribution in [2.75, 3.05) is 0 Å². The fraction of sp³-hybridized carbons (Fsp3) is 0.100. The summed E-state index contributed by atoms with van der Waals surface area (Å²) in [5, 5.41) is 0.668. The van der Waals surface area contributed by atoms with Gasteiger partial charge in [-0.3, -0.25) is 0 Å². The van der Waals surface area contributed by atoms with Gasteiger partial charge in [-0.1, -0.05) is 11.6 Å². The largest absolute Gasteiger partial charge is 0.417 e. The van der Waals surface area contributed by atoms with Crippen LogP contribution in [0.1, 0.15) is 5.69 Å². The van der Waals surface area contributed by atoms with Gasteiger partial charge >= 0.3 is 6.08 Å². The number of nitrogens with zero attached hydrogens (tertiary/aromatic N) is 1. The first-order chi connectivity index (χ1) is 6.74. The second-order valence-electron chi connectivity index (χ2n) is 2.81. The molecule has 0 saturated heterocycles. The maximum Gasteiger partial charge on any atom is 0.399 e. The second kappa shape index (κ2) is 3.72. The van der Waals surface area contributed by atoms with Crippen LogP contribution in [-0.2, 0) is 0 Å². The molecule has 0 aliphatic heterocycles. The van der Waals surface area contributed by atoms with Gasteiger partial charge in [0.2, 0.25) is 0 Å². The van der Waals surface area contributed by atoms with Crippen LogP contribution in [-0.4, -0.2) is 4.98 Å². The van der Waals surface area contributed by atoms with Crippen LogP contribution in [0.25, 0.3) is 0 Å². The minimum atomic E-state index is 0.241. The first-order valence-corrected chi connectivity index (χ1v) is 4.47. The van der Waals surface area contributed by atoms with Gasteiger partial charge in [0.25, 0.3) is 0 Å². The Morgan fingerprint density at radius 3 is 2.57 bits per heavy atom. The maximum absolute atomic E-state index is 5.72. The van der Waals surface area contributed by atoms with Gasteiger partial charge in [-0.05, 0) is 31.2 Å². The predicted octanol–water partition coefficient (Wildman–Crippen LogP) is 3.43. The molecule has 3 nitrogen and oxygen atoms in total. The summed E-state index contributed by atoms with van der Waals surface area (Å²) < 4.78 is 10.3. The van der Waals surface area contributed by atoms with Crippen LogP contribution in [0.3, 0.4) is 0 Å². The molecular formula is C10H8ClNO2. The lowest BCUT2D eigenvalue weighted by Crippen LogP contribution is -1.83. The van der Waals surface area contributed by atoms with Crippen LogP contribution >= 0.6 is 11.6 Å². The zero-order valence-corrected chi connectivity index (χ0v) is 8.28. The Morgan fingerprint density at radius 2 is 2.00 bits per heavy atom. The van der Waals surface area contributed by atoms with Crippen molar-refractivity contribution in [3.05, 3.63) is 41.2 Å². The number of rotatable bonds is 2. The molecule has 0 radical (unpaired) electrons. The molecule has 1 aromatic carbocycles. The molecule has 4 heteroatoms. The van der Waals surface area contributed by atoms with Crippen molar-refractivity contribution in [3.63, 3.8) is 0 Å². The SMILES string of the molecule is Cc1coc(Oc2ccc(Cl)cc2)n1. The van der Waals surface area contributed by atoms with E-state index in [-0.39, 0.29) is 6.08 Å². The quantitative estimate of drug-likeness (QED) is 0.760. The molecular weight excluding hydrogens is 202 g/mol. The van der Waals surface area contributed by atoms with E-state index < -0.39 is 0 Å². The van der Waals surface area contributed by atoms with Gasteiger partial charge in [-0.15, -0.1) is 0 Å². The predicted molar refractivity (Wildman–Crippen MR) is 52.8 cm³/mol. The van der Waals surface area contributed by atoms with Crippen LogP contribution in [0, 0.1) is 6.92 Å². The van der Waals surface area contributed by atoms with E-state index >= 15 is 0 Å². The average molecular weight is 210 g/mol. The number of hydrogen-bond acceptors (Lipinski definition) is 3. The highest BCUT2D eigenvalue weighted by molar-refractivity contribution is 6.30. The van der Waals surface area contributed by atoms with E-state index in [4.69, 9.17) is 20.8 Å². The van der Waals surface area contributed by atoms with Crippen molar-refractivity contribution in [2.24, 2.45) is 0 Å². The van der Waals surface area contributed by atoms with Gasteiger partial charge in [0.1, 0.15) is 12.0 Å². The van der Waals surface area contributed by atoms with Crippen LogP contribution < -0.4 is 4.74 Å². The summed E-state index contributed by atoms with van der Waals surface area (Å²) in [6.07, 6.45) is 1.77. The first kappa shape index (κ1) is 9.09. The molecule has 1 heterocycles. The zero-order chi connectivity index (χ0) is 9.97.